The zero-order chi connectivity index (χ0) is 19.8. The van der Waals surface area contributed by atoms with Crippen LogP contribution in [0.2, 0.25) is 0 Å². The molecule has 4 rings (SSSR count). The molecule has 0 amide bonds. The summed E-state index contributed by atoms with van der Waals surface area (Å²) >= 11 is 0. The number of aryl methyl sites for hydroxylation is 1. The van der Waals surface area contributed by atoms with Crippen molar-refractivity contribution in [1.29, 1.82) is 0 Å². The molecule has 8 heteroatoms. The molecule has 0 unspecified atom stereocenters. The summed E-state index contributed by atoms with van der Waals surface area (Å²) in [7, 11) is 1.67. The predicted octanol–water partition coefficient (Wildman–Crippen LogP) is 1.94. The minimum atomic E-state index is -0.332. The van der Waals surface area contributed by atoms with Crippen molar-refractivity contribution in [2.45, 2.75) is 39.8 Å². The Kier molecular flexibility index (Phi) is 4.62. The molecule has 1 aliphatic rings. The normalized spacial score (nSPS) is 13.7. The molecule has 0 aliphatic carbocycles. The topological polar surface area (TPSA) is 77.4 Å². The fourth-order valence-electron chi connectivity index (χ4n) is 3.64. The quantitative estimate of drug-likeness (QED) is 0.678. The van der Waals surface area contributed by atoms with E-state index >= 15 is 0 Å². The number of nitrogens with zero attached hydrogens (tertiary/aromatic N) is 6. The molecule has 3 heterocycles. The van der Waals surface area contributed by atoms with Gasteiger partial charge in [-0.05, 0) is 18.4 Å². The molecular weight excluding hydrogens is 356 g/mol. The van der Waals surface area contributed by atoms with Crippen LogP contribution < -0.4 is 16.3 Å². The van der Waals surface area contributed by atoms with Crippen LogP contribution in [0, 0.1) is 0 Å². The van der Waals surface area contributed by atoms with Gasteiger partial charge in [-0.15, -0.1) is 0 Å². The lowest BCUT2D eigenvalue weighted by atomic mass is 10.1. The van der Waals surface area contributed by atoms with Crippen molar-refractivity contribution in [1.82, 2.24) is 18.7 Å². The van der Waals surface area contributed by atoms with Crippen molar-refractivity contribution in [3.05, 3.63) is 56.7 Å². The number of hydrogen-bond donors (Lipinski definition) is 0. The minimum absolute atomic E-state index is 0.288. The smallest absolute Gasteiger partial charge is 0.297 e. The molecule has 8 nitrogen and oxygen atoms in total. The van der Waals surface area contributed by atoms with Gasteiger partial charge in [0, 0.05) is 20.1 Å². The second-order valence-electron chi connectivity index (χ2n) is 7.00. The lowest BCUT2D eigenvalue weighted by molar-refractivity contribution is 0.590. The van der Waals surface area contributed by atoms with E-state index in [9.17, 15) is 9.59 Å². The van der Waals surface area contributed by atoms with Gasteiger partial charge in [-0.1, -0.05) is 44.2 Å². The van der Waals surface area contributed by atoms with Crippen molar-refractivity contribution in [2.24, 2.45) is 12.1 Å². The van der Waals surface area contributed by atoms with Crippen LogP contribution in [-0.4, -0.2) is 30.9 Å². The maximum atomic E-state index is 13.2. The molecule has 3 aromatic rings. The second-order valence-corrected chi connectivity index (χ2v) is 7.00. The van der Waals surface area contributed by atoms with Crippen LogP contribution in [0.15, 0.2) is 45.0 Å². The largest absolute Gasteiger partial charge is 0.332 e. The highest BCUT2D eigenvalue weighted by Crippen LogP contribution is 2.25. The van der Waals surface area contributed by atoms with Gasteiger partial charge in [0.15, 0.2) is 11.2 Å². The van der Waals surface area contributed by atoms with Gasteiger partial charge in [-0.3, -0.25) is 18.5 Å². The third-order valence-corrected chi connectivity index (χ3v) is 4.98. The zero-order valence-electron chi connectivity index (χ0n) is 16.4. The van der Waals surface area contributed by atoms with Gasteiger partial charge < -0.3 is 0 Å². The van der Waals surface area contributed by atoms with Crippen LogP contribution in [0.25, 0.3) is 11.2 Å². The Morgan fingerprint density at radius 1 is 1.04 bits per heavy atom. The van der Waals surface area contributed by atoms with E-state index in [0.717, 1.165) is 17.7 Å². The second kappa shape index (κ2) is 7.10. The highest BCUT2D eigenvalue weighted by molar-refractivity contribution is 6.02. The van der Waals surface area contributed by atoms with Gasteiger partial charge in [0.05, 0.1) is 12.3 Å². The average molecular weight is 380 g/mol. The summed E-state index contributed by atoms with van der Waals surface area (Å²) in [6.45, 7) is 5.53. The Morgan fingerprint density at radius 3 is 2.43 bits per heavy atom. The van der Waals surface area contributed by atoms with Gasteiger partial charge in [0.2, 0.25) is 5.95 Å². The molecule has 0 atom stereocenters. The fraction of sp³-hybridized carbons (Fsp3) is 0.400. The molecule has 28 heavy (non-hydrogen) atoms. The number of benzene rings is 1. The van der Waals surface area contributed by atoms with E-state index in [4.69, 9.17) is 5.10 Å². The van der Waals surface area contributed by atoms with Crippen LogP contribution >= 0.6 is 0 Å². The van der Waals surface area contributed by atoms with Crippen molar-refractivity contribution in [2.75, 3.05) is 11.6 Å². The molecule has 1 aromatic carbocycles. The van der Waals surface area contributed by atoms with E-state index < -0.39 is 0 Å². The summed E-state index contributed by atoms with van der Waals surface area (Å²) in [5.41, 5.74) is 2.12. The van der Waals surface area contributed by atoms with Crippen LogP contribution in [-0.2, 0) is 20.1 Å². The number of rotatable bonds is 5. The van der Waals surface area contributed by atoms with E-state index in [1.54, 1.807) is 7.05 Å². The standard InChI is InChI=1S/C20H24N6O2/c1-4-11-24-18(27)16-17(23(3)20(24)28)21-19-25(16)13-15(22-26(19)12-5-2)14-9-7-6-8-10-14/h6-10H,4-5,11-13H2,1-3H3. The molecule has 0 bridgehead atoms. The summed E-state index contributed by atoms with van der Waals surface area (Å²) in [5, 5.41) is 6.62. The Labute approximate surface area is 162 Å². The van der Waals surface area contributed by atoms with E-state index in [2.05, 4.69) is 11.9 Å². The number of hydrogen-bond acceptors (Lipinski definition) is 5. The number of aromatic nitrogens is 4. The van der Waals surface area contributed by atoms with Crippen molar-refractivity contribution in [3.63, 3.8) is 0 Å². The number of imidazole rings is 1. The van der Waals surface area contributed by atoms with Gasteiger partial charge in [0.1, 0.15) is 0 Å². The predicted molar refractivity (Wildman–Crippen MR) is 110 cm³/mol. The van der Waals surface area contributed by atoms with Gasteiger partial charge in [-0.2, -0.15) is 10.1 Å². The third-order valence-electron chi connectivity index (χ3n) is 4.98. The van der Waals surface area contributed by atoms with Crippen molar-refractivity contribution >= 4 is 22.8 Å². The molecule has 0 saturated heterocycles. The molecule has 0 radical (unpaired) electrons. The first kappa shape index (κ1) is 18.2. The Morgan fingerprint density at radius 2 is 1.75 bits per heavy atom. The summed E-state index contributed by atoms with van der Waals surface area (Å²) < 4.78 is 4.66. The van der Waals surface area contributed by atoms with E-state index in [1.165, 1.54) is 9.13 Å². The van der Waals surface area contributed by atoms with Gasteiger partial charge in [-0.25, -0.2) is 9.80 Å². The highest BCUT2D eigenvalue weighted by Gasteiger charge is 2.27. The highest BCUT2D eigenvalue weighted by atomic mass is 16.2. The van der Waals surface area contributed by atoms with Crippen molar-refractivity contribution < 1.29 is 0 Å². The number of hydrazone groups is 1. The van der Waals surface area contributed by atoms with E-state index in [-0.39, 0.29) is 11.2 Å². The van der Waals surface area contributed by atoms with Crippen molar-refractivity contribution in [3.8, 4) is 0 Å². The monoisotopic (exact) mass is 380 g/mol. The Balaban J connectivity index is 1.98. The molecule has 146 valence electrons. The summed E-state index contributed by atoms with van der Waals surface area (Å²) in [4.78, 5) is 30.4. The first-order valence-electron chi connectivity index (χ1n) is 9.67. The Bertz CT molecular complexity index is 1170. The number of anilines is 1. The molecule has 0 saturated carbocycles. The maximum absolute atomic E-state index is 13.2. The molecule has 0 fully saturated rings. The van der Waals surface area contributed by atoms with Crippen LogP contribution in [0.5, 0.6) is 0 Å². The first-order chi connectivity index (χ1) is 13.6. The average Bonchev–Trinajstić information content (AvgIpc) is 3.10. The lowest BCUT2D eigenvalue weighted by Crippen LogP contribution is -2.40. The summed E-state index contributed by atoms with van der Waals surface area (Å²) in [6.07, 6.45) is 1.59. The molecule has 2 aromatic heterocycles. The molecule has 1 aliphatic heterocycles. The summed E-state index contributed by atoms with van der Waals surface area (Å²) in [5.74, 6) is 0.609. The lowest BCUT2D eigenvalue weighted by Gasteiger charge is -2.25. The van der Waals surface area contributed by atoms with Gasteiger partial charge in [0.25, 0.3) is 5.56 Å². The van der Waals surface area contributed by atoms with E-state index in [0.29, 0.717) is 43.2 Å². The van der Waals surface area contributed by atoms with Crippen LogP contribution in [0.3, 0.4) is 0 Å². The SMILES string of the molecule is CCCN1N=C(c2ccccc2)Cn2c1nc1c2c(=O)n(CCC)c(=O)n1C. The van der Waals surface area contributed by atoms with Crippen LogP contribution in [0.1, 0.15) is 32.3 Å². The third kappa shape index (κ3) is 2.76. The minimum Gasteiger partial charge on any atom is -0.297 e. The molecular formula is C20H24N6O2. The molecule has 0 spiro atoms. The zero-order valence-corrected chi connectivity index (χ0v) is 16.4. The molecule has 0 N–H and O–H groups in total. The van der Waals surface area contributed by atoms with E-state index in [1.807, 2.05) is 46.8 Å². The summed E-state index contributed by atoms with van der Waals surface area (Å²) in [6, 6.07) is 9.94. The number of fused-ring (bicyclic) bond motifs is 3. The van der Waals surface area contributed by atoms with Crippen LogP contribution in [0.4, 0.5) is 5.95 Å². The fourth-order valence-corrected chi connectivity index (χ4v) is 3.64. The maximum Gasteiger partial charge on any atom is 0.332 e. The Hall–Kier alpha value is -3.16. The van der Waals surface area contributed by atoms with Gasteiger partial charge >= 0.3 is 5.69 Å². The first-order valence-corrected chi connectivity index (χ1v) is 9.67.